The number of hydrogen-bond acceptors (Lipinski definition) is 2. The first-order valence-corrected chi connectivity index (χ1v) is 6.64. The molecule has 2 nitrogen and oxygen atoms in total. The summed E-state index contributed by atoms with van der Waals surface area (Å²) in [6, 6.07) is 1.49. The first-order chi connectivity index (χ1) is 7.16. The summed E-state index contributed by atoms with van der Waals surface area (Å²) in [6.45, 7) is 10.8. The maximum absolute atomic E-state index is 3.72. The summed E-state index contributed by atoms with van der Waals surface area (Å²) in [5, 5.41) is 3.72. The topological polar surface area (TPSA) is 15.3 Å². The van der Waals surface area contributed by atoms with Crippen molar-refractivity contribution in [1.29, 1.82) is 0 Å². The Morgan fingerprint density at radius 3 is 2.47 bits per heavy atom. The molecular weight excluding hydrogens is 184 g/mol. The molecule has 2 unspecified atom stereocenters. The van der Waals surface area contributed by atoms with E-state index in [1.165, 1.54) is 38.9 Å². The van der Waals surface area contributed by atoms with Gasteiger partial charge in [0, 0.05) is 18.6 Å². The van der Waals surface area contributed by atoms with Gasteiger partial charge in [0.25, 0.3) is 0 Å². The molecule has 0 aromatic carbocycles. The molecule has 2 atom stereocenters. The summed E-state index contributed by atoms with van der Waals surface area (Å²) >= 11 is 0. The van der Waals surface area contributed by atoms with Crippen LogP contribution in [0.15, 0.2) is 0 Å². The number of nitrogens with zero attached hydrogens (tertiary/aromatic N) is 1. The van der Waals surface area contributed by atoms with E-state index >= 15 is 0 Å². The summed E-state index contributed by atoms with van der Waals surface area (Å²) in [4.78, 5) is 2.61. The quantitative estimate of drug-likeness (QED) is 0.747. The van der Waals surface area contributed by atoms with Crippen LogP contribution in [0.4, 0.5) is 0 Å². The molecule has 1 N–H and O–H groups in total. The third-order valence-electron chi connectivity index (χ3n) is 4.11. The van der Waals surface area contributed by atoms with Crippen LogP contribution in [0.5, 0.6) is 0 Å². The minimum absolute atomic E-state index is 0.732. The molecule has 1 aliphatic heterocycles. The van der Waals surface area contributed by atoms with E-state index < -0.39 is 0 Å². The molecule has 1 saturated heterocycles. The molecule has 2 heteroatoms. The highest BCUT2D eigenvalue weighted by molar-refractivity contribution is 4.85. The molecule has 0 spiro atoms. The van der Waals surface area contributed by atoms with Crippen LogP contribution in [0, 0.1) is 11.8 Å². The predicted octanol–water partition coefficient (Wildman–Crippen LogP) is 2.10. The molecular formula is C13H26N2. The molecule has 2 fully saturated rings. The number of likely N-dealkylation sites (tertiary alicyclic amines) is 1. The summed E-state index contributed by atoms with van der Waals surface area (Å²) in [7, 11) is 0. The Kier molecular flexibility index (Phi) is 3.68. The van der Waals surface area contributed by atoms with Gasteiger partial charge >= 0.3 is 0 Å². The van der Waals surface area contributed by atoms with Crippen molar-refractivity contribution in [2.45, 2.75) is 52.1 Å². The van der Waals surface area contributed by atoms with Gasteiger partial charge in [0.05, 0.1) is 0 Å². The Hall–Kier alpha value is -0.0800. The smallest absolute Gasteiger partial charge is 0.00671 e. The Balaban J connectivity index is 1.63. The summed E-state index contributed by atoms with van der Waals surface area (Å²) in [5.41, 5.74) is 0. The number of rotatable bonds is 5. The van der Waals surface area contributed by atoms with Crippen LogP contribution in [0.3, 0.4) is 0 Å². The van der Waals surface area contributed by atoms with Crippen LogP contribution in [0.1, 0.15) is 40.0 Å². The van der Waals surface area contributed by atoms with Gasteiger partial charge in [-0.15, -0.1) is 0 Å². The van der Waals surface area contributed by atoms with Crippen LogP contribution in [0.25, 0.3) is 0 Å². The number of hydrogen-bond donors (Lipinski definition) is 1. The Morgan fingerprint density at radius 2 is 1.93 bits per heavy atom. The lowest BCUT2D eigenvalue weighted by Crippen LogP contribution is -2.34. The van der Waals surface area contributed by atoms with Crippen molar-refractivity contribution in [2.75, 3.05) is 19.6 Å². The van der Waals surface area contributed by atoms with Gasteiger partial charge in [0.1, 0.15) is 0 Å². The largest absolute Gasteiger partial charge is 0.314 e. The lowest BCUT2D eigenvalue weighted by Gasteiger charge is -2.21. The van der Waals surface area contributed by atoms with E-state index in [4.69, 9.17) is 0 Å². The highest BCUT2D eigenvalue weighted by atomic mass is 15.2. The average Bonchev–Trinajstić information content (AvgIpc) is 2.93. The van der Waals surface area contributed by atoms with Crippen LogP contribution in [-0.4, -0.2) is 36.6 Å². The van der Waals surface area contributed by atoms with E-state index in [0.717, 1.165) is 23.9 Å². The van der Waals surface area contributed by atoms with Crippen molar-refractivity contribution in [3.63, 3.8) is 0 Å². The maximum Gasteiger partial charge on any atom is 0.00671 e. The van der Waals surface area contributed by atoms with E-state index in [1.807, 2.05) is 0 Å². The highest BCUT2D eigenvalue weighted by Gasteiger charge is 2.29. The lowest BCUT2D eigenvalue weighted by molar-refractivity contribution is 0.262. The van der Waals surface area contributed by atoms with Gasteiger partial charge in [-0.05, 0) is 65.0 Å². The fourth-order valence-corrected chi connectivity index (χ4v) is 2.61. The number of nitrogens with one attached hydrogen (secondary N) is 1. The molecule has 0 radical (unpaired) electrons. The van der Waals surface area contributed by atoms with E-state index in [2.05, 4.69) is 31.0 Å². The van der Waals surface area contributed by atoms with Gasteiger partial charge in [-0.25, -0.2) is 0 Å². The van der Waals surface area contributed by atoms with Crippen molar-refractivity contribution in [1.82, 2.24) is 10.2 Å². The fraction of sp³-hybridized carbons (Fsp3) is 1.00. The molecule has 0 bridgehead atoms. The minimum Gasteiger partial charge on any atom is -0.314 e. The van der Waals surface area contributed by atoms with E-state index in [1.54, 1.807) is 0 Å². The molecule has 1 heterocycles. The Labute approximate surface area is 94.4 Å². The summed E-state index contributed by atoms with van der Waals surface area (Å²) < 4.78 is 0. The minimum atomic E-state index is 0.732. The average molecular weight is 210 g/mol. The van der Waals surface area contributed by atoms with Crippen LogP contribution in [-0.2, 0) is 0 Å². The molecule has 0 aromatic heterocycles. The second kappa shape index (κ2) is 4.84. The van der Waals surface area contributed by atoms with Crippen molar-refractivity contribution in [3.8, 4) is 0 Å². The van der Waals surface area contributed by atoms with Crippen molar-refractivity contribution >= 4 is 0 Å². The van der Waals surface area contributed by atoms with E-state index in [-0.39, 0.29) is 0 Å². The molecule has 88 valence electrons. The van der Waals surface area contributed by atoms with Gasteiger partial charge < -0.3 is 10.2 Å². The molecule has 1 aliphatic carbocycles. The molecule has 2 rings (SSSR count). The van der Waals surface area contributed by atoms with Gasteiger partial charge in [-0.1, -0.05) is 0 Å². The van der Waals surface area contributed by atoms with Crippen LogP contribution >= 0.6 is 0 Å². The Morgan fingerprint density at radius 1 is 1.20 bits per heavy atom. The third kappa shape index (κ3) is 3.18. The summed E-state index contributed by atoms with van der Waals surface area (Å²) in [6.07, 6.45) is 4.30. The first-order valence-electron chi connectivity index (χ1n) is 6.64. The van der Waals surface area contributed by atoms with Gasteiger partial charge in [-0.3, -0.25) is 0 Å². The zero-order valence-corrected chi connectivity index (χ0v) is 10.5. The predicted molar refractivity (Wildman–Crippen MR) is 65.0 cm³/mol. The second-order valence-electron chi connectivity index (χ2n) is 5.78. The monoisotopic (exact) mass is 210 g/mol. The third-order valence-corrected chi connectivity index (χ3v) is 4.11. The van der Waals surface area contributed by atoms with Crippen molar-refractivity contribution in [2.24, 2.45) is 11.8 Å². The zero-order valence-electron chi connectivity index (χ0n) is 10.5. The standard InChI is InChI=1S/C13H26N2/c1-10(2)15-7-6-12(9-15)8-14-11(3)13-4-5-13/h10-14H,4-9H2,1-3H3. The molecule has 2 aliphatic rings. The SMILES string of the molecule is CC(NCC1CCN(C(C)C)C1)C1CC1. The highest BCUT2D eigenvalue weighted by Crippen LogP contribution is 2.32. The van der Waals surface area contributed by atoms with Crippen LogP contribution in [0.2, 0.25) is 0 Å². The van der Waals surface area contributed by atoms with Crippen molar-refractivity contribution < 1.29 is 0 Å². The van der Waals surface area contributed by atoms with E-state index in [9.17, 15) is 0 Å². The maximum atomic E-state index is 3.72. The van der Waals surface area contributed by atoms with E-state index in [0.29, 0.717) is 0 Å². The fourth-order valence-electron chi connectivity index (χ4n) is 2.61. The lowest BCUT2D eigenvalue weighted by atomic mass is 10.1. The molecule has 1 saturated carbocycles. The second-order valence-corrected chi connectivity index (χ2v) is 5.78. The van der Waals surface area contributed by atoms with Crippen molar-refractivity contribution in [3.05, 3.63) is 0 Å². The van der Waals surface area contributed by atoms with Gasteiger partial charge in [0.15, 0.2) is 0 Å². The van der Waals surface area contributed by atoms with Gasteiger partial charge in [-0.2, -0.15) is 0 Å². The summed E-state index contributed by atoms with van der Waals surface area (Å²) in [5.74, 6) is 1.89. The molecule has 0 aromatic rings. The first kappa shape index (κ1) is 11.4. The molecule has 0 amide bonds. The van der Waals surface area contributed by atoms with Crippen LogP contribution < -0.4 is 5.32 Å². The normalized spacial score (nSPS) is 30.0. The van der Waals surface area contributed by atoms with Gasteiger partial charge in [0.2, 0.25) is 0 Å². The molecule has 15 heavy (non-hydrogen) atoms. The zero-order chi connectivity index (χ0) is 10.8. The Bertz CT molecular complexity index is 199.